The summed E-state index contributed by atoms with van der Waals surface area (Å²) >= 11 is 0. The highest BCUT2D eigenvalue weighted by atomic mass is 19.1. The monoisotopic (exact) mass is 269 g/mol. The molecule has 19 heavy (non-hydrogen) atoms. The number of aliphatic hydroxyl groups is 1. The number of aliphatic hydroxyl groups excluding tert-OH is 1. The molecule has 1 fully saturated rings. The maximum atomic E-state index is 13.5. The van der Waals surface area contributed by atoms with Crippen LogP contribution in [0.25, 0.3) is 0 Å². The summed E-state index contributed by atoms with van der Waals surface area (Å²) in [6.07, 6.45) is 1.69. The quantitative estimate of drug-likeness (QED) is 0.848. The van der Waals surface area contributed by atoms with Crippen molar-refractivity contribution in [3.8, 4) is 0 Å². The van der Waals surface area contributed by atoms with Crippen LogP contribution in [0.2, 0.25) is 0 Å². The lowest BCUT2D eigenvalue weighted by molar-refractivity contribution is 0.0860. The zero-order valence-corrected chi connectivity index (χ0v) is 10.6. The fourth-order valence-electron chi connectivity index (χ4n) is 2.33. The Kier molecular flexibility index (Phi) is 4.61. The fourth-order valence-corrected chi connectivity index (χ4v) is 2.33. The van der Waals surface area contributed by atoms with Crippen molar-refractivity contribution in [2.45, 2.75) is 12.8 Å². The standard InChI is InChI=1S/C14H17F2NO2/c15-11-1-2-12(13(16)7-11)14(19)8-17-5-3-10(9-18)4-6-17/h1-2,7,10,18H,3-6,8-9H2. The van der Waals surface area contributed by atoms with Crippen LogP contribution in [0.5, 0.6) is 0 Å². The topological polar surface area (TPSA) is 40.5 Å². The second-order valence-corrected chi connectivity index (χ2v) is 4.95. The third-order valence-corrected chi connectivity index (χ3v) is 3.56. The van der Waals surface area contributed by atoms with E-state index >= 15 is 0 Å². The number of hydrogen-bond acceptors (Lipinski definition) is 3. The number of rotatable bonds is 4. The zero-order valence-electron chi connectivity index (χ0n) is 10.6. The van der Waals surface area contributed by atoms with E-state index in [1.807, 2.05) is 4.90 Å². The number of carbonyl (C=O) groups is 1. The molecule has 0 radical (unpaired) electrons. The van der Waals surface area contributed by atoms with Crippen LogP contribution in [0, 0.1) is 17.6 Å². The number of benzene rings is 1. The largest absolute Gasteiger partial charge is 0.396 e. The fraction of sp³-hybridized carbons (Fsp3) is 0.500. The second kappa shape index (κ2) is 6.21. The summed E-state index contributed by atoms with van der Waals surface area (Å²) in [6.45, 7) is 1.76. The first-order valence-corrected chi connectivity index (χ1v) is 6.41. The van der Waals surface area contributed by atoms with Crippen LogP contribution in [0.3, 0.4) is 0 Å². The van der Waals surface area contributed by atoms with Crippen molar-refractivity contribution >= 4 is 5.78 Å². The molecular weight excluding hydrogens is 252 g/mol. The minimum absolute atomic E-state index is 0.0642. The van der Waals surface area contributed by atoms with Gasteiger partial charge < -0.3 is 5.11 Å². The molecule has 1 aliphatic rings. The van der Waals surface area contributed by atoms with Crippen LogP contribution in [-0.2, 0) is 0 Å². The third-order valence-electron chi connectivity index (χ3n) is 3.56. The Morgan fingerprint density at radius 3 is 2.58 bits per heavy atom. The summed E-state index contributed by atoms with van der Waals surface area (Å²) in [5, 5.41) is 9.03. The lowest BCUT2D eigenvalue weighted by Gasteiger charge is -2.30. The Hall–Kier alpha value is -1.33. The van der Waals surface area contributed by atoms with E-state index in [0.717, 1.165) is 38.1 Å². The van der Waals surface area contributed by atoms with E-state index in [2.05, 4.69) is 0 Å². The number of piperidine rings is 1. The molecule has 1 aromatic carbocycles. The van der Waals surface area contributed by atoms with Gasteiger partial charge in [0.25, 0.3) is 0 Å². The van der Waals surface area contributed by atoms with Gasteiger partial charge in [0.05, 0.1) is 12.1 Å². The van der Waals surface area contributed by atoms with Gasteiger partial charge in [-0.1, -0.05) is 0 Å². The Balaban J connectivity index is 1.94. The molecule has 0 aromatic heterocycles. The van der Waals surface area contributed by atoms with Crippen LogP contribution < -0.4 is 0 Å². The highest BCUT2D eigenvalue weighted by Gasteiger charge is 2.21. The predicted octanol–water partition coefficient (Wildman–Crippen LogP) is 1.85. The van der Waals surface area contributed by atoms with E-state index in [-0.39, 0.29) is 24.5 Å². The van der Waals surface area contributed by atoms with E-state index in [1.165, 1.54) is 6.07 Å². The minimum Gasteiger partial charge on any atom is -0.396 e. The van der Waals surface area contributed by atoms with Crippen molar-refractivity contribution in [3.63, 3.8) is 0 Å². The van der Waals surface area contributed by atoms with Gasteiger partial charge in [-0.25, -0.2) is 8.78 Å². The number of carbonyl (C=O) groups excluding carboxylic acids is 1. The Morgan fingerprint density at radius 1 is 1.32 bits per heavy atom. The summed E-state index contributed by atoms with van der Waals surface area (Å²) in [5.41, 5.74) is -0.0642. The summed E-state index contributed by atoms with van der Waals surface area (Å²) in [4.78, 5) is 13.9. The van der Waals surface area contributed by atoms with Crippen LogP contribution in [-0.4, -0.2) is 42.0 Å². The van der Waals surface area contributed by atoms with Crippen molar-refractivity contribution in [2.75, 3.05) is 26.2 Å². The van der Waals surface area contributed by atoms with Crippen molar-refractivity contribution < 1.29 is 18.7 Å². The molecule has 1 heterocycles. The lowest BCUT2D eigenvalue weighted by atomic mass is 9.97. The van der Waals surface area contributed by atoms with Gasteiger partial charge in [-0.15, -0.1) is 0 Å². The molecule has 5 heteroatoms. The van der Waals surface area contributed by atoms with Gasteiger partial charge in [0.2, 0.25) is 0 Å². The Bertz CT molecular complexity index is 457. The summed E-state index contributed by atoms with van der Waals surface area (Å²) in [5.74, 6) is -1.53. The molecule has 1 aliphatic heterocycles. The van der Waals surface area contributed by atoms with Gasteiger partial charge in [0.1, 0.15) is 11.6 Å². The van der Waals surface area contributed by atoms with Gasteiger partial charge >= 0.3 is 0 Å². The maximum Gasteiger partial charge on any atom is 0.179 e. The van der Waals surface area contributed by atoms with Gasteiger partial charge in [-0.05, 0) is 44.0 Å². The minimum atomic E-state index is -0.810. The number of ketones is 1. The van der Waals surface area contributed by atoms with E-state index < -0.39 is 11.6 Å². The molecule has 104 valence electrons. The highest BCUT2D eigenvalue weighted by Crippen LogP contribution is 2.17. The number of nitrogens with zero attached hydrogens (tertiary/aromatic N) is 1. The molecule has 2 rings (SSSR count). The van der Waals surface area contributed by atoms with Crippen molar-refractivity contribution in [2.24, 2.45) is 5.92 Å². The molecular formula is C14H17F2NO2. The van der Waals surface area contributed by atoms with Crippen molar-refractivity contribution in [1.29, 1.82) is 0 Å². The first kappa shape index (κ1) is 14.1. The van der Waals surface area contributed by atoms with Crippen LogP contribution in [0.15, 0.2) is 18.2 Å². The maximum absolute atomic E-state index is 13.5. The van der Waals surface area contributed by atoms with Crippen molar-refractivity contribution in [1.82, 2.24) is 4.90 Å². The van der Waals surface area contributed by atoms with E-state index in [9.17, 15) is 13.6 Å². The molecule has 0 spiro atoms. The number of hydrogen-bond donors (Lipinski definition) is 1. The first-order chi connectivity index (χ1) is 9.10. The molecule has 0 saturated carbocycles. The SMILES string of the molecule is O=C(CN1CCC(CO)CC1)c1ccc(F)cc1F. The van der Waals surface area contributed by atoms with Crippen LogP contribution in [0.4, 0.5) is 8.78 Å². The van der Waals surface area contributed by atoms with Gasteiger partial charge in [-0.2, -0.15) is 0 Å². The van der Waals surface area contributed by atoms with Crippen LogP contribution in [0.1, 0.15) is 23.2 Å². The Morgan fingerprint density at radius 2 is 2.00 bits per heavy atom. The molecule has 0 amide bonds. The summed E-state index contributed by atoms with van der Waals surface area (Å²) in [6, 6.07) is 3.01. The average Bonchev–Trinajstić information content (AvgIpc) is 2.39. The predicted molar refractivity (Wildman–Crippen MR) is 66.9 cm³/mol. The van der Waals surface area contributed by atoms with E-state index in [4.69, 9.17) is 5.11 Å². The molecule has 0 atom stereocenters. The first-order valence-electron chi connectivity index (χ1n) is 6.41. The van der Waals surface area contributed by atoms with Crippen LogP contribution >= 0.6 is 0 Å². The molecule has 3 nitrogen and oxygen atoms in total. The van der Waals surface area contributed by atoms with Gasteiger partial charge in [0, 0.05) is 12.7 Å². The average molecular weight is 269 g/mol. The van der Waals surface area contributed by atoms with E-state index in [1.54, 1.807) is 0 Å². The number of halogens is 2. The molecule has 1 N–H and O–H groups in total. The molecule has 1 saturated heterocycles. The molecule has 1 aromatic rings. The normalized spacial score (nSPS) is 17.6. The molecule has 0 aliphatic carbocycles. The third kappa shape index (κ3) is 3.58. The smallest absolute Gasteiger partial charge is 0.179 e. The van der Waals surface area contributed by atoms with E-state index in [0.29, 0.717) is 5.92 Å². The zero-order chi connectivity index (χ0) is 13.8. The second-order valence-electron chi connectivity index (χ2n) is 4.95. The highest BCUT2D eigenvalue weighted by molar-refractivity contribution is 5.97. The van der Waals surface area contributed by atoms with Gasteiger partial charge in [-0.3, -0.25) is 9.69 Å². The number of likely N-dealkylation sites (tertiary alicyclic amines) is 1. The van der Waals surface area contributed by atoms with Crippen molar-refractivity contribution in [3.05, 3.63) is 35.4 Å². The van der Waals surface area contributed by atoms with Gasteiger partial charge in [0.15, 0.2) is 5.78 Å². The summed E-state index contributed by atoms with van der Waals surface area (Å²) < 4.78 is 26.2. The molecule has 0 unspecified atom stereocenters. The lowest BCUT2D eigenvalue weighted by Crippen LogP contribution is -2.38. The number of Topliss-reactive ketones (excluding diaryl/α,β-unsaturated/α-hetero) is 1. The summed E-state index contributed by atoms with van der Waals surface area (Å²) in [7, 11) is 0. The molecule has 0 bridgehead atoms. The Labute approximate surface area is 110 Å².